The molecule has 28 heavy (non-hydrogen) atoms. The molecule has 0 saturated carbocycles. The number of nitrogens with one attached hydrogen (secondary N) is 2. The van der Waals surface area contributed by atoms with Crippen LogP contribution in [0.1, 0.15) is 53.5 Å². The Bertz CT molecular complexity index is 623. The van der Waals surface area contributed by atoms with E-state index in [0.717, 1.165) is 38.4 Å². The van der Waals surface area contributed by atoms with E-state index in [2.05, 4.69) is 38.9 Å². The molecule has 8 heteroatoms. The quantitative estimate of drug-likeness (QED) is 0.442. The molecule has 158 valence electrons. The van der Waals surface area contributed by atoms with Crippen LogP contribution in [-0.2, 0) is 4.74 Å². The van der Waals surface area contributed by atoms with E-state index in [1.165, 1.54) is 0 Å². The van der Waals surface area contributed by atoms with Crippen molar-refractivity contribution in [3.63, 3.8) is 0 Å². The molecule has 0 spiro atoms. The third-order valence-corrected chi connectivity index (χ3v) is 4.73. The number of aliphatic imine (C=N–C) groups is 1. The van der Waals surface area contributed by atoms with Crippen LogP contribution < -0.4 is 10.6 Å². The molecule has 1 fully saturated rings. The SMILES string of the molecule is CCNC(=NCCCNC(=O)OC(C)(C)C)N1CCC(C)C(n2ccnc2)C1. The molecule has 2 unspecified atom stereocenters. The molecule has 2 N–H and O–H groups in total. The monoisotopic (exact) mass is 392 g/mol. The van der Waals surface area contributed by atoms with Crippen LogP contribution in [0.4, 0.5) is 4.79 Å². The summed E-state index contributed by atoms with van der Waals surface area (Å²) in [6.45, 7) is 13.9. The summed E-state index contributed by atoms with van der Waals surface area (Å²) in [4.78, 5) is 23.0. The lowest BCUT2D eigenvalue weighted by molar-refractivity contribution is 0.0527. The van der Waals surface area contributed by atoms with Crippen molar-refractivity contribution >= 4 is 12.1 Å². The van der Waals surface area contributed by atoms with Gasteiger partial charge in [0.15, 0.2) is 5.96 Å². The van der Waals surface area contributed by atoms with Gasteiger partial charge in [-0.25, -0.2) is 9.78 Å². The van der Waals surface area contributed by atoms with Gasteiger partial charge in [0.1, 0.15) is 5.60 Å². The van der Waals surface area contributed by atoms with E-state index in [1.54, 1.807) is 0 Å². The lowest BCUT2D eigenvalue weighted by Gasteiger charge is -2.39. The zero-order valence-corrected chi connectivity index (χ0v) is 17.9. The number of guanidine groups is 1. The van der Waals surface area contributed by atoms with Crippen LogP contribution in [0.3, 0.4) is 0 Å². The Kier molecular flexibility index (Phi) is 8.14. The van der Waals surface area contributed by atoms with Gasteiger partial charge in [-0.15, -0.1) is 0 Å². The molecule has 8 nitrogen and oxygen atoms in total. The molecule has 0 aromatic carbocycles. The van der Waals surface area contributed by atoms with Crippen molar-refractivity contribution < 1.29 is 9.53 Å². The number of rotatable bonds is 6. The largest absolute Gasteiger partial charge is 0.444 e. The number of imidazole rings is 1. The Balaban J connectivity index is 1.85. The maximum absolute atomic E-state index is 11.7. The fourth-order valence-electron chi connectivity index (χ4n) is 3.29. The first-order valence-corrected chi connectivity index (χ1v) is 10.3. The van der Waals surface area contributed by atoms with Gasteiger partial charge in [-0.05, 0) is 46.5 Å². The van der Waals surface area contributed by atoms with Crippen molar-refractivity contribution in [1.82, 2.24) is 25.1 Å². The summed E-state index contributed by atoms with van der Waals surface area (Å²) >= 11 is 0. The molecule has 1 aliphatic rings. The summed E-state index contributed by atoms with van der Waals surface area (Å²) in [7, 11) is 0. The highest BCUT2D eigenvalue weighted by molar-refractivity contribution is 5.80. The lowest BCUT2D eigenvalue weighted by Crippen LogP contribution is -2.49. The van der Waals surface area contributed by atoms with E-state index in [1.807, 2.05) is 39.5 Å². The Morgan fingerprint density at radius 3 is 2.79 bits per heavy atom. The van der Waals surface area contributed by atoms with Gasteiger partial charge in [-0.1, -0.05) is 6.92 Å². The van der Waals surface area contributed by atoms with E-state index in [4.69, 9.17) is 9.73 Å². The first kappa shape index (κ1) is 22.0. The number of piperidine rings is 1. The highest BCUT2D eigenvalue weighted by Crippen LogP contribution is 2.27. The molecule has 1 saturated heterocycles. The number of carbonyl (C=O) groups is 1. The van der Waals surface area contributed by atoms with Gasteiger partial charge >= 0.3 is 6.09 Å². The first-order valence-electron chi connectivity index (χ1n) is 10.3. The summed E-state index contributed by atoms with van der Waals surface area (Å²) < 4.78 is 7.44. The topological polar surface area (TPSA) is 83.8 Å². The highest BCUT2D eigenvalue weighted by Gasteiger charge is 2.28. The molecule has 2 heterocycles. The molecule has 1 aromatic heterocycles. The Morgan fingerprint density at radius 2 is 2.14 bits per heavy atom. The molecular formula is C20H36N6O2. The van der Waals surface area contributed by atoms with Crippen molar-refractivity contribution in [3.8, 4) is 0 Å². The fraction of sp³-hybridized carbons (Fsp3) is 0.750. The van der Waals surface area contributed by atoms with E-state index in [0.29, 0.717) is 25.0 Å². The number of nitrogens with zero attached hydrogens (tertiary/aromatic N) is 4. The molecular weight excluding hydrogens is 356 g/mol. The number of likely N-dealkylation sites (tertiary alicyclic amines) is 1. The number of alkyl carbamates (subject to hydrolysis) is 1. The van der Waals surface area contributed by atoms with E-state index in [9.17, 15) is 4.79 Å². The van der Waals surface area contributed by atoms with Crippen molar-refractivity contribution in [2.45, 2.75) is 59.1 Å². The van der Waals surface area contributed by atoms with Crippen LogP contribution in [0.5, 0.6) is 0 Å². The van der Waals surface area contributed by atoms with Gasteiger partial charge in [-0.2, -0.15) is 0 Å². The molecule has 2 atom stereocenters. The van der Waals surface area contributed by atoms with Gasteiger partial charge in [0.25, 0.3) is 0 Å². The smallest absolute Gasteiger partial charge is 0.407 e. The van der Waals surface area contributed by atoms with E-state index >= 15 is 0 Å². The minimum Gasteiger partial charge on any atom is -0.444 e. The lowest BCUT2D eigenvalue weighted by atomic mass is 9.93. The molecule has 1 amide bonds. The summed E-state index contributed by atoms with van der Waals surface area (Å²) in [5.41, 5.74) is -0.475. The standard InChI is InChI=1S/C20H36N6O2/c1-6-22-18(23-9-7-10-24-19(27)28-20(3,4)5)25-12-8-16(2)17(14-25)26-13-11-21-15-26/h11,13,15-17H,6-10,12,14H2,1-5H3,(H,22,23)(H,24,27). The van der Waals surface area contributed by atoms with Crippen LogP contribution in [0.15, 0.2) is 23.7 Å². The third kappa shape index (κ3) is 7.05. The second-order valence-corrected chi connectivity index (χ2v) is 8.31. The van der Waals surface area contributed by atoms with Gasteiger partial charge in [-0.3, -0.25) is 4.99 Å². The summed E-state index contributed by atoms with van der Waals surface area (Å²) in [5.74, 6) is 1.54. The van der Waals surface area contributed by atoms with Gasteiger partial charge in [0.05, 0.1) is 12.4 Å². The number of ether oxygens (including phenoxy) is 1. The normalized spacial score (nSPS) is 20.8. The van der Waals surface area contributed by atoms with Crippen LogP contribution in [0.2, 0.25) is 0 Å². The van der Waals surface area contributed by atoms with Gasteiger partial charge < -0.3 is 24.8 Å². The first-order chi connectivity index (χ1) is 13.3. The zero-order valence-electron chi connectivity index (χ0n) is 17.9. The van der Waals surface area contributed by atoms with E-state index in [-0.39, 0.29) is 6.09 Å². The van der Waals surface area contributed by atoms with Gasteiger partial charge in [0, 0.05) is 45.1 Å². The second kappa shape index (κ2) is 10.3. The Morgan fingerprint density at radius 1 is 1.36 bits per heavy atom. The number of carbonyl (C=O) groups excluding carboxylic acids is 1. The maximum atomic E-state index is 11.7. The molecule has 0 aliphatic carbocycles. The predicted molar refractivity (Wildman–Crippen MR) is 111 cm³/mol. The van der Waals surface area contributed by atoms with Crippen molar-refractivity contribution in [2.75, 3.05) is 32.7 Å². The predicted octanol–water partition coefficient (Wildman–Crippen LogP) is 2.65. The molecule has 1 aliphatic heterocycles. The average molecular weight is 393 g/mol. The minimum absolute atomic E-state index is 0.378. The van der Waals surface area contributed by atoms with Crippen LogP contribution in [0.25, 0.3) is 0 Å². The third-order valence-electron chi connectivity index (χ3n) is 4.73. The summed E-state index contributed by atoms with van der Waals surface area (Å²) in [6, 6.07) is 0.397. The number of hydrogen-bond donors (Lipinski definition) is 2. The highest BCUT2D eigenvalue weighted by atomic mass is 16.6. The van der Waals surface area contributed by atoms with Gasteiger partial charge in [0.2, 0.25) is 0 Å². The summed E-state index contributed by atoms with van der Waals surface area (Å²) in [5, 5.41) is 6.18. The van der Waals surface area contributed by atoms with Crippen molar-refractivity contribution in [1.29, 1.82) is 0 Å². The summed E-state index contributed by atoms with van der Waals surface area (Å²) in [6.07, 6.45) is 7.28. The van der Waals surface area contributed by atoms with Crippen LogP contribution >= 0.6 is 0 Å². The fourth-order valence-corrected chi connectivity index (χ4v) is 3.29. The average Bonchev–Trinajstić information content (AvgIpc) is 3.14. The van der Waals surface area contributed by atoms with Crippen molar-refractivity contribution in [2.24, 2.45) is 10.9 Å². The molecule has 0 radical (unpaired) electrons. The van der Waals surface area contributed by atoms with Crippen LogP contribution in [-0.4, -0.2) is 64.8 Å². The molecule has 0 bridgehead atoms. The zero-order chi connectivity index (χ0) is 20.6. The number of hydrogen-bond acceptors (Lipinski definition) is 4. The van der Waals surface area contributed by atoms with E-state index < -0.39 is 5.60 Å². The minimum atomic E-state index is -0.475. The molecule has 1 aromatic rings. The Labute approximate surface area is 168 Å². The second-order valence-electron chi connectivity index (χ2n) is 8.31. The van der Waals surface area contributed by atoms with Crippen LogP contribution in [0, 0.1) is 5.92 Å². The molecule has 2 rings (SSSR count). The number of aromatic nitrogens is 2. The maximum Gasteiger partial charge on any atom is 0.407 e. The van der Waals surface area contributed by atoms with Crippen molar-refractivity contribution in [3.05, 3.63) is 18.7 Å². The Hall–Kier alpha value is -2.25. The number of amides is 1.